The zero-order valence-corrected chi connectivity index (χ0v) is 10.1. The van der Waals surface area contributed by atoms with Crippen molar-refractivity contribution >= 4 is 5.82 Å². The zero-order chi connectivity index (χ0) is 12.3. The smallest absolute Gasteiger partial charge is 0.126 e. The van der Waals surface area contributed by atoms with Crippen LogP contribution in [0.2, 0.25) is 0 Å². The molecule has 1 aliphatic carbocycles. The third kappa shape index (κ3) is 2.95. The van der Waals surface area contributed by atoms with Crippen LogP contribution in [0.15, 0.2) is 12.1 Å². The number of hydrogen-bond donors (Lipinski definition) is 2. The first kappa shape index (κ1) is 11.9. The number of anilines is 1. The molecular formula is C13H18N4. The van der Waals surface area contributed by atoms with Gasteiger partial charge in [-0.3, -0.25) is 0 Å². The minimum absolute atomic E-state index is 0.365. The van der Waals surface area contributed by atoms with Gasteiger partial charge in [-0.2, -0.15) is 5.26 Å². The van der Waals surface area contributed by atoms with Gasteiger partial charge in [-0.1, -0.05) is 0 Å². The van der Waals surface area contributed by atoms with Gasteiger partial charge in [0.2, 0.25) is 0 Å². The zero-order valence-electron chi connectivity index (χ0n) is 10.1. The van der Waals surface area contributed by atoms with Crippen LogP contribution in [0.4, 0.5) is 5.82 Å². The first-order valence-corrected chi connectivity index (χ1v) is 6.09. The molecule has 0 aliphatic heterocycles. The lowest BCUT2D eigenvalue weighted by atomic mass is 9.92. The van der Waals surface area contributed by atoms with Crippen molar-refractivity contribution in [1.82, 2.24) is 4.98 Å². The molecule has 4 heteroatoms. The fraction of sp³-hybridized carbons (Fsp3) is 0.538. The average molecular weight is 230 g/mol. The normalized spacial score (nSPS) is 24.1. The number of nitriles is 1. The quantitative estimate of drug-likeness (QED) is 0.814. The van der Waals surface area contributed by atoms with Crippen LogP contribution in [0.5, 0.6) is 0 Å². The van der Waals surface area contributed by atoms with Crippen molar-refractivity contribution in [1.29, 1.82) is 5.26 Å². The highest BCUT2D eigenvalue weighted by Crippen LogP contribution is 2.20. The van der Waals surface area contributed by atoms with Crippen LogP contribution in [-0.2, 0) is 0 Å². The van der Waals surface area contributed by atoms with E-state index >= 15 is 0 Å². The summed E-state index contributed by atoms with van der Waals surface area (Å²) in [7, 11) is 0. The molecule has 2 rings (SSSR count). The summed E-state index contributed by atoms with van der Waals surface area (Å²) in [4.78, 5) is 4.39. The van der Waals surface area contributed by atoms with Crippen molar-refractivity contribution < 1.29 is 0 Å². The average Bonchev–Trinajstić information content (AvgIpc) is 2.32. The Balaban J connectivity index is 2.00. The van der Waals surface area contributed by atoms with Gasteiger partial charge in [-0.15, -0.1) is 0 Å². The minimum Gasteiger partial charge on any atom is -0.367 e. The Morgan fingerprint density at radius 2 is 2.06 bits per heavy atom. The maximum atomic E-state index is 8.84. The van der Waals surface area contributed by atoms with Crippen LogP contribution in [0.1, 0.15) is 36.9 Å². The number of aryl methyl sites for hydroxylation is 1. The molecule has 0 atom stereocenters. The van der Waals surface area contributed by atoms with Crippen LogP contribution in [-0.4, -0.2) is 17.1 Å². The van der Waals surface area contributed by atoms with Gasteiger partial charge in [0.05, 0.1) is 11.3 Å². The molecule has 17 heavy (non-hydrogen) atoms. The predicted molar refractivity (Wildman–Crippen MR) is 67.5 cm³/mol. The van der Waals surface area contributed by atoms with Crippen LogP contribution in [0.25, 0.3) is 0 Å². The summed E-state index contributed by atoms with van der Waals surface area (Å²) in [6.45, 7) is 1.86. The molecule has 0 amide bonds. The van der Waals surface area contributed by atoms with E-state index in [-0.39, 0.29) is 0 Å². The molecule has 0 radical (unpaired) electrons. The molecule has 1 fully saturated rings. The molecule has 0 unspecified atom stereocenters. The topological polar surface area (TPSA) is 74.7 Å². The Morgan fingerprint density at radius 3 is 2.65 bits per heavy atom. The molecule has 1 aliphatic rings. The van der Waals surface area contributed by atoms with Crippen LogP contribution in [0, 0.1) is 18.3 Å². The van der Waals surface area contributed by atoms with Gasteiger partial charge in [0, 0.05) is 12.1 Å². The molecule has 0 saturated heterocycles. The molecule has 3 N–H and O–H groups in total. The van der Waals surface area contributed by atoms with Gasteiger partial charge in [0.25, 0.3) is 0 Å². The van der Waals surface area contributed by atoms with E-state index in [1.165, 1.54) is 0 Å². The lowest BCUT2D eigenvalue weighted by Gasteiger charge is -2.27. The summed E-state index contributed by atoms with van der Waals surface area (Å²) in [5.41, 5.74) is 7.30. The van der Waals surface area contributed by atoms with E-state index in [1.54, 1.807) is 0 Å². The van der Waals surface area contributed by atoms with Crippen molar-refractivity contribution in [2.24, 2.45) is 5.73 Å². The first-order valence-electron chi connectivity index (χ1n) is 6.09. The Labute approximate surface area is 102 Å². The second-order valence-electron chi connectivity index (χ2n) is 4.70. The molecule has 1 aromatic heterocycles. The number of pyridine rings is 1. The van der Waals surface area contributed by atoms with E-state index in [9.17, 15) is 0 Å². The number of aromatic nitrogens is 1. The number of nitrogens with zero attached hydrogens (tertiary/aromatic N) is 2. The fourth-order valence-corrected chi connectivity index (χ4v) is 2.23. The monoisotopic (exact) mass is 230 g/mol. The first-order chi connectivity index (χ1) is 8.19. The Kier molecular flexibility index (Phi) is 3.60. The molecule has 0 bridgehead atoms. The van der Waals surface area contributed by atoms with Gasteiger partial charge >= 0.3 is 0 Å². The molecule has 0 spiro atoms. The summed E-state index contributed by atoms with van der Waals surface area (Å²) in [5.74, 6) is 0.863. The van der Waals surface area contributed by atoms with Gasteiger partial charge in [0.1, 0.15) is 11.9 Å². The van der Waals surface area contributed by atoms with Crippen molar-refractivity contribution in [2.75, 3.05) is 5.32 Å². The Morgan fingerprint density at radius 1 is 1.35 bits per heavy atom. The number of hydrogen-bond acceptors (Lipinski definition) is 4. The molecule has 1 heterocycles. The van der Waals surface area contributed by atoms with E-state index in [4.69, 9.17) is 11.0 Å². The summed E-state index contributed by atoms with van der Waals surface area (Å²) in [6.07, 6.45) is 4.35. The van der Waals surface area contributed by atoms with E-state index in [0.717, 1.165) is 37.2 Å². The SMILES string of the molecule is Cc1nc(NC2CCC(N)CC2)ccc1C#N. The highest BCUT2D eigenvalue weighted by molar-refractivity contribution is 5.43. The summed E-state index contributed by atoms with van der Waals surface area (Å²) in [6, 6.07) is 6.65. The standard InChI is InChI=1S/C13H18N4/c1-9-10(8-14)2-7-13(16-9)17-12-5-3-11(15)4-6-12/h2,7,11-12H,3-6,15H2,1H3,(H,16,17). The maximum absolute atomic E-state index is 8.84. The molecule has 0 aromatic carbocycles. The Hall–Kier alpha value is -1.60. The summed E-state index contributed by atoms with van der Waals surface area (Å²) < 4.78 is 0. The van der Waals surface area contributed by atoms with Gasteiger partial charge < -0.3 is 11.1 Å². The summed E-state index contributed by atoms with van der Waals surface area (Å²) >= 11 is 0. The van der Waals surface area contributed by atoms with Crippen molar-refractivity contribution in [3.05, 3.63) is 23.4 Å². The third-order valence-corrected chi connectivity index (χ3v) is 3.33. The fourth-order valence-electron chi connectivity index (χ4n) is 2.23. The second kappa shape index (κ2) is 5.15. The largest absolute Gasteiger partial charge is 0.367 e. The number of rotatable bonds is 2. The molecule has 1 aromatic rings. The van der Waals surface area contributed by atoms with Crippen molar-refractivity contribution in [3.8, 4) is 6.07 Å². The van der Waals surface area contributed by atoms with Crippen molar-refractivity contribution in [3.63, 3.8) is 0 Å². The molecule has 1 saturated carbocycles. The van der Waals surface area contributed by atoms with E-state index in [1.807, 2.05) is 19.1 Å². The van der Waals surface area contributed by atoms with E-state index in [0.29, 0.717) is 17.6 Å². The molecule has 90 valence electrons. The van der Waals surface area contributed by atoms with E-state index in [2.05, 4.69) is 16.4 Å². The second-order valence-corrected chi connectivity index (χ2v) is 4.70. The van der Waals surface area contributed by atoms with E-state index < -0.39 is 0 Å². The lowest BCUT2D eigenvalue weighted by Crippen LogP contribution is -2.33. The number of nitrogens with one attached hydrogen (secondary N) is 1. The van der Waals surface area contributed by atoms with Crippen LogP contribution < -0.4 is 11.1 Å². The van der Waals surface area contributed by atoms with Crippen LogP contribution >= 0.6 is 0 Å². The van der Waals surface area contributed by atoms with Gasteiger partial charge in [0.15, 0.2) is 0 Å². The molecule has 4 nitrogen and oxygen atoms in total. The minimum atomic E-state index is 0.365. The van der Waals surface area contributed by atoms with Crippen LogP contribution in [0.3, 0.4) is 0 Å². The Bertz CT molecular complexity index is 428. The van der Waals surface area contributed by atoms with Crippen molar-refractivity contribution in [2.45, 2.75) is 44.7 Å². The highest BCUT2D eigenvalue weighted by Gasteiger charge is 2.18. The number of nitrogens with two attached hydrogens (primary N) is 1. The van der Waals surface area contributed by atoms with Gasteiger partial charge in [-0.05, 0) is 44.7 Å². The van der Waals surface area contributed by atoms with Gasteiger partial charge in [-0.25, -0.2) is 4.98 Å². The lowest BCUT2D eigenvalue weighted by molar-refractivity contribution is 0.410. The highest BCUT2D eigenvalue weighted by atomic mass is 15.0. The summed E-state index contributed by atoms with van der Waals surface area (Å²) in [5, 5.41) is 12.3. The maximum Gasteiger partial charge on any atom is 0.126 e. The molecular weight excluding hydrogens is 212 g/mol. The predicted octanol–water partition coefficient (Wildman–Crippen LogP) is 1.94. The third-order valence-electron chi connectivity index (χ3n) is 3.33.